The quantitative estimate of drug-likeness (QED) is 0.185. The smallest absolute Gasteiger partial charge is 0.871 e. The Morgan fingerprint density at radius 2 is 0.500 bits per heavy atom. The zero-order valence-corrected chi connectivity index (χ0v) is 14.5. The van der Waals surface area contributed by atoms with Crippen LogP contribution in [0.2, 0.25) is 0 Å². The Labute approximate surface area is 164 Å². The Morgan fingerprint density at radius 3 is 0.500 bits per heavy atom. The molecule has 0 aromatic carbocycles. The molecule has 96 valence electrons. The van der Waals surface area contributed by atoms with Crippen LogP contribution in [0, 0.1) is 0 Å². The van der Waals surface area contributed by atoms with Crippen LogP contribution < -0.4 is 87.1 Å². The van der Waals surface area contributed by atoms with Crippen molar-refractivity contribution in [2.75, 3.05) is 0 Å². The van der Waals surface area contributed by atoms with Crippen molar-refractivity contribution >= 4 is 29.3 Å². The summed E-state index contributed by atoms with van der Waals surface area (Å²) in [6, 6.07) is 0. The van der Waals surface area contributed by atoms with Crippen LogP contribution in [0.4, 0.5) is 0 Å². The minimum absolute atomic E-state index is 0. The Hall–Kier alpha value is 2.18. The maximum Gasteiger partial charge on any atom is 1.00 e. The van der Waals surface area contributed by atoms with E-state index in [0.717, 1.165) is 0 Å². The van der Waals surface area contributed by atoms with Gasteiger partial charge in [-0.05, 0) is 0 Å². The van der Waals surface area contributed by atoms with Crippen molar-refractivity contribution in [3.63, 3.8) is 0 Å². The van der Waals surface area contributed by atoms with Gasteiger partial charge < -0.3 is 60.3 Å². The fourth-order valence-electron chi connectivity index (χ4n) is 0. The molecule has 0 heterocycles. The first-order valence-electron chi connectivity index (χ1n) is 3.05. The molecule has 0 aromatic rings. The normalized spacial score (nSPS) is 6.00. The summed E-state index contributed by atoms with van der Waals surface area (Å²) in [7, 11) is -9.17. The molecule has 18 heteroatoms. The Kier molecular flexibility index (Phi) is 64.7. The minimum Gasteiger partial charge on any atom is -0.871 e. The van der Waals surface area contributed by atoms with E-state index in [2.05, 4.69) is 0 Å². The van der Waals surface area contributed by atoms with E-state index in [1.54, 1.807) is 0 Å². The third-order valence-electron chi connectivity index (χ3n) is 0. The van der Waals surface area contributed by atoms with Gasteiger partial charge >= 0.3 is 99.0 Å². The minimum atomic E-state index is -2.67. The van der Waals surface area contributed by atoms with Crippen molar-refractivity contribution in [2.45, 2.75) is 0 Å². The molecular formula is H10B4LiO12Rb. The Balaban J connectivity index is -0.0000000257. The average Bonchev–Trinajstić information content (AvgIpc) is 1.76. The summed E-state index contributed by atoms with van der Waals surface area (Å²) >= 11 is 0. The van der Waals surface area contributed by atoms with Gasteiger partial charge in [0, 0.05) is 0 Å². The van der Waals surface area contributed by atoms with Gasteiger partial charge in [0.05, 0.1) is 7.32 Å². The molecule has 0 radical (unpaired) electrons. The second-order valence-corrected chi connectivity index (χ2v) is 1.35. The van der Waals surface area contributed by atoms with Gasteiger partial charge in [-0.3, -0.25) is 0 Å². The summed E-state index contributed by atoms with van der Waals surface area (Å²) in [5.74, 6) is 0. The molecule has 0 amide bonds. The molecule has 0 aliphatic carbocycles. The van der Waals surface area contributed by atoms with E-state index < -0.39 is 29.3 Å². The third-order valence-corrected chi connectivity index (χ3v) is 0. The van der Waals surface area contributed by atoms with Crippen molar-refractivity contribution < 1.29 is 137 Å². The van der Waals surface area contributed by atoms with Gasteiger partial charge in [0.15, 0.2) is 0 Å². The number of hydrogen-bond acceptors (Lipinski definition) is 12. The van der Waals surface area contributed by atoms with Crippen LogP contribution >= 0.6 is 0 Å². The van der Waals surface area contributed by atoms with Crippen LogP contribution in [0.5, 0.6) is 0 Å². The van der Waals surface area contributed by atoms with Crippen LogP contribution in [0.15, 0.2) is 0 Å². The van der Waals surface area contributed by atoms with E-state index in [0.29, 0.717) is 0 Å². The fourth-order valence-corrected chi connectivity index (χ4v) is 0. The van der Waals surface area contributed by atoms with E-state index in [-0.39, 0.29) is 77.0 Å². The molecule has 0 spiro atoms. The molecule has 0 saturated carbocycles. The van der Waals surface area contributed by atoms with Gasteiger partial charge in [-0.2, -0.15) is 0 Å². The number of rotatable bonds is 0. The van der Waals surface area contributed by atoms with Crippen LogP contribution in [-0.2, 0) is 0 Å². The maximum absolute atomic E-state index is 8.53. The van der Waals surface area contributed by atoms with Crippen molar-refractivity contribution in [1.82, 2.24) is 0 Å². The standard InChI is InChI=1S/3BH3O3.BHO3.Li.Rb/c4*2-1(3)4;;/h3*2-4H;2H;;/q;;;-2;2*+1. The van der Waals surface area contributed by atoms with E-state index in [1.807, 2.05) is 0 Å². The van der Waals surface area contributed by atoms with Gasteiger partial charge in [0.25, 0.3) is 0 Å². The molecule has 18 heavy (non-hydrogen) atoms. The van der Waals surface area contributed by atoms with E-state index in [9.17, 15) is 0 Å². The molecule has 0 aliphatic rings. The Bertz CT molecular complexity index is 67.1. The van der Waals surface area contributed by atoms with E-state index in [1.165, 1.54) is 0 Å². The summed E-state index contributed by atoms with van der Waals surface area (Å²) < 4.78 is 0. The first kappa shape index (κ1) is 36.9. The van der Waals surface area contributed by atoms with Crippen molar-refractivity contribution in [2.24, 2.45) is 0 Å². The van der Waals surface area contributed by atoms with Gasteiger partial charge in [-0.1, -0.05) is 0 Å². The molecule has 0 saturated heterocycles. The molecule has 0 fully saturated rings. The molecule has 10 N–H and O–H groups in total. The summed E-state index contributed by atoms with van der Waals surface area (Å²) in [5.41, 5.74) is 0. The maximum atomic E-state index is 8.53. The molecule has 0 rings (SSSR count). The Morgan fingerprint density at radius 1 is 0.500 bits per heavy atom. The largest absolute Gasteiger partial charge is 1.00 e. The van der Waals surface area contributed by atoms with Gasteiger partial charge in [0.2, 0.25) is 0 Å². The van der Waals surface area contributed by atoms with Gasteiger partial charge in [-0.15, -0.1) is 0 Å². The first-order chi connectivity index (χ1) is 6.93. The zero-order chi connectivity index (χ0) is 14.3. The SMILES string of the molecule is OB(O)O.OB(O)O.OB(O)O.[Li+].[O-]B([O-])O.[Rb+]. The van der Waals surface area contributed by atoms with E-state index >= 15 is 0 Å². The van der Waals surface area contributed by atoms with Crippen molar-refractivity contribution in [3.8, 4) is 0 Å². The summed E-state index contributed by atoms with van der Waals surface area (Å²) in [6.07, 6.45) is 0. The van der Waals surface area contributed by atoms with Crippen LogP contribution in [0.25, 0.3) is 0 Å². The van der Waals surface area contributed by atoms with Crippen molar-refractivity contribution in [1.29, 1.82) is 0 Å². The molecule has 0 atom stereocenters. The average molecular weight is 338 g/mol. The van der Waals surface area contributed by atoms with Crippen LogP contribution in [-0.4, -0.2) is 79.5 Å². The van der Waals surface area contributed by atoms with E-state index in [4.69, 9.17) is 60.3 Å². The predicted molar refractivity (Wildman–Crippen MR) is 45.2 cm³/mol. The summed E-state index contributed by atoms with van der Waals surface area (Å²) in [5, 5.41) is 88.5. The van der Waals surface area contributed by atoms with Gasteiger partial charge in [-0.25, -0.2) is 0 Å². The third kappa shape index (κ3) is 1130. The molecular weight excluding hydrogens is 328 g/mol. The topological polar surface area (TPSA) is 248 Å². The summed E-state index contributed by atoms with van der Waals surface area (Å²) in [4.78, 5) is 0. The van der Waals surface area contributed by atoms with Crippen LogP contribution in [0.1, 0.15) is 0 Å². The van der Waals surface area contributed by atoms with Gasteiger partial charge in [0.1, 0.15) is 0 Å². The summed E-state index contributed by atoms with van der Waals surface area (Å²) in [6.45, 7) is 0. The van der Waals surface area contributed by atoms with Crippen molar-refractivity contribution in [3.05, 3.63) is 0 Å². The first-order valence-corrected chi connectivity index (χ1v) is 3.05. The molecule has 0 aliphatic heterocycles. The fraction of sp³-hybridized carbons (Fsp3) is 0. The molecule has 0 bridgehead atoms. The monoisotopic (exact) mass is 338 g/mol. The van der Waals surface area contributed by atoms with Crippen LogP contribution in [0.3, 0.4) is 0 Å². The zero-order valence-electron chi connectivity index (χ0n) is 9.60. The number of hydrogen-bond donors (Lipinski definition) is 10. The predicted octanol–water partition coefficient (Wildman–Crippen LogP) is -15.5. The molecule has 0 unspecified atom stereocenters. The second kappa shape index (κ2) is 31.5. The molecule has 12 nitrogen and oxygen atoms in total. The molecule has 0 aromatic heterocycles. The second-order valence-electron chi connectivity index (χ2n) is 1.35.